The Hall–Kier alpha value is -1.12. The number of hydrogen-bond donors (Lipinski definition) is 0. The van der Waals surface area contributed by atoms with Crippen LogP contribution in [0, 0.1) is 52.3 Å². The van der Waals surface area contributed by atoms with Gasteiger partial charge < -0.3 is 4.74 Å². The lowest BCUT2D eigenvalue weighted by atomic mass is 9.44. The van der Waals surface area contributed by atoms with E-state index in [1.807, 2.05) is 0 Å². The van der Waals surface area contributed by atoms with Gasteiger partial charge in [-0.1, -0.05) is 19.4 Å². The molecule has 1 spiro atoms. The third-order valence-corrected chi connectivity index (χ3v) is 11.2. The molecular weight excluding hydrogens is 348 g/mol. The minimum Gasteiger partial charge on any atom is -0.458 e. The van der Waals surface area contributed by atoms with E-state index in [4.69, 9.17) is 4.74 Å². The summed E-state index contributed by atoms with van der Waals surface area (Å²) in [5, 5.41) is 0. The van der Waals surface area contributed by atoms with Crippen molar-refractivity contribution in [1.82, 2.24) is 0 Å². The molecule has 1 heterocycles. The van der Waals surface area contributed by atoms with Gasteiger partial charge in [-0.3, -0.25) is 9.59 Å². The standard InChI is InChI=1S/C25H32O3/c1-3-24-8-4-13(26)10-18(24)14-11-15(14)21-17(24)5-7-23(2)22(21)16-12-19(16)25(23)9-6-20(27)28-25/h10,14-17,19,21-22H,3-9,11-12H2,1-2H3/t14?,15?,16?,17?,19?,21-,22?,23+,24-,25+/m1/s1. The maximum absolute atomic E-state index is 12.3. The second kappa shape index (κ2) is 4.78. The van der Waals surface area contributed by atoms with Crippen LogP contribution < -0.4 is 0 Å². The lowest BCUT2D eigenvalue weighted by Gasteiger charge is -2.60. The van der Waals surface area contributed by atoms with Gasteiger partial charge in [-0.2, -0.15) is 0 Å². The molecule has 150 valence electrons. The molecular formula is C25H32O3. The van der Waals surface area contributed by atoms with E-state index in [-0.39, 0.29) is 17.0 Å². The topological polar surface area (TPSA) is 43.4 Å². The van der Waals surface area contributed by atoms with Crippen LogP contribution in [0.3, 0.4) is 0 Å². The summed E-state index contributed by atoms with van der Waals surface area (Å²) in [7, 11) is 0. The number of ether oxygens (including phenoxy) is 1. The Morgan fingerprint density at radius 3 is 2.68 bits per heavy atom. The number of rotatable bonds is 1. The molecule has 28 heavy (non-hydrogen) atoms. The molecule has 0 bridgehead atoms. The van der Waals surface area contributed by atoms with Crippen LogP contribution in [0.25, 0.3) is 0 Å². The van der Waals surface area contributed by atoms with Crippen LogP contribution in [0.15, 0.2) is 11.6 Å². The molecule has 6 fully saturated rings. The fourth-order valence-electron chi connectivity index (χ4n) is 10.2. The van der Waals surface area contributed by atoms with Gasteiger partial charge in [0, 0.05) is 24.2 Å². The molecule has 7 aliphatic rings. The van der Waals surface area contributed by atoms with Crippen molar-refractivity contribution in [3.05, 3.63) is 11.6 Å². The van der Waals surface area contributed by atoms with Gasteiger partial charge in [-0.25, -0.2) is 0 Å². The second-order valence-electron chi connectivity index (χ2n) is 11.6. The first kappa shape index (κ1) is 16.7. The molecule has 0 radical (unpaired) electrons. The monoisotopic (exact) mass is 380 g/mol. The van der Waals surface area contributed by atoms with E-state index in [1.54, 1.807) is 5.57 Å². The van der Waals surface area contributed by atoms with Crippen LogP contribution in [-0.2, 0) is 14.3 Å². The molecule has 3 heteroatoms. The molecule has 1 aliphatic heterocycles. The zero-order valence-corrected chi connectivity index (χ0v) is 17.2. The summed E-state index contributed by atoms with van der Waals surface area (Å²) in [6.45, 7) is 4.89. The molecule has 0 aromatic carbocycles. The van der Waals surface area contributed by atoms with Crippen molar-refractivity contribution in [2.75, 3.05) is 0 Å². The van der Waals surface area contributed by atoms with E-state index in [0.29, 0.717) is 29.5 Å². The minimum atomic E-state index is -0.132. The number of carbonyl (C=O) groups is 2. The normalized spacial score (nSPS) is 60.2. The van der Waals surface area contributed by atoms with Crippen molar-refractivity contribution < 1.29 is 14.3 Å². The fourth-order valence-corrected chi connectivity index (χ4v) is 10.2. The predicted molar refractivity (Wildman–Crippen MR) is 104 cm³/mol. The van der Waals surface area contributed by atoms with Gasteiger partial charge in [-0.15, -0.1) is 0 Å². The van der Waals surface area contributed by atoms with Crippen molar-refractivity contribution in [3.63, 3.8) is 0 Å². The van der Waals surface area contributed by atoms with E-state index >= 15 is 0 Å². The minimum absolute atomic E-state index is 0.0589. The Labute approximate surface area is 167 Å². The first-order valence-electron chi connectivity index (χ1n) is 11.9. The van der Waals surface area contributed by atoms with E-state index in [0.717, 1.165) is 48.9 Å². The number of hydrogen-bond acceptors (Lipinski definition) is 3. The van der Waals surface area contributed by atoms with E-state index in [2.05, 4.69) is 19.9 Å². The number of fused-ring (bicyclic) bond motifs is 12. The average molecular weight is 381 g/mol. The summed E-state index contributed by atoms with van der Waals surface area (Å²) in [6.07, 6.45) is 11.9. The molecule has 0 aromatic heterocycles. The highest BCUT2D eigenvalue weighted by atomic mass is 16.6. The van der Waals surface area contributed by atoms with Crippen LogP contribution in [0.1, 0.15) is 71.6 Å². The van der Waals surface area contributed by atoms with Crippen molar-refractivity contribution in [2.24, 2.45) is 52.3 Å². The van der Waals surface area contributed by atoms with Gasteiger partial charge in [0.1, 0.15) is 5.60 Å². The van der Waals surface area contributed by atoms with Gasteiger partial charge in [0.05, 0.1) is 0 Å². The Balaban J connectivity index is 1.34. The summed E-state index contributed by atoms with van der Waals surface area (Å²) in [5.74, 6) is 5.69. The number of ketones is 1. The van der Waals surface area contributed by atoms with Crippen molar-refractivity contribution >= 4 is 11.8 Å². The molecule has 5 saturated carbocycles. The molecule has 10 atom stereocenters. The largest absolute Gasteiger partial charge is 0.458 e. The molecule has 0 aromatic rings. The first-order chi connectivity index (χ1) is 13.5. The number of esters is 1. The number of carbonyl (C=O) groups excluding carboxylic acids is 2. The molecule has 1 saturated heterocycles. The smallest absolute Gasteiger partial charge is 0.306 e. The molecule has 6 aliphatic carbocycles. The van der Waals surface area contributed by atoms with Gasteiger partial charge >= 0.3 is 5.97 Å². The van der Waals surface area contributed by atoms with Gasteiger partial charge in [0.25, 0.3) is 0 Å². The summed E-state index contributed by atoms with van der Waals surface area (Å²) in [5.41, 5.74) is 1.92. The number of allylic oxidation sites excluding steroid dienone is 1. The molecule has 7 rings (SSSR count). The molecule has 0 N–H and O–H groups in total. The summed E-state index contributed by atoms with van der Waals surface area (Å²) in [4.78, 5) is 24.5. The van der Waals surface area contributed by atoms with E-state index < -0.39 is 0 Å². The van der Waals surface area contributed by atoms with Crippen LogP contribution in [0.5, 0.6) is 0 Å². The van der Waals surface area contributed by atoms with E-state index in [9.17, 15) is 9.59 Å². The van der Waals surface area contributed by atoms with Crippen LogP contribution in [-0.4, -0.2) is 17.4 Å². The average Bonchev–Trinajstić information content (AvgIpc) is 3.58. The van der Waals surface area contributed by atoms with Gasteiger partial charge in [0.2, 0.25) is 0 Å². The lowest BCUT2D eigenvalue weighted by molar-refractivity contribution is -0.178. The van der Waals surface area contributed by atoms with Crippen molar-refractivity contribution in [2.45, 2.75) is 77.2 Å². The van der Waals surface area contributed by atoms with Gasteiger partial charge in [0.15, 0.2) is 5.78 Å². The summed E-state index contributed by atoms with van der Waals surface area (Å²) in [6, 6.07) is 0. The lowest BCUT2D eigenvalue weighted by Crippen LogP contribution is -2.57. The molecule has 6 unspecified atom stereocenters. The first-order valence-corrected chi connectivity index (χ1v) is 11.9. The predicted octanol–water partition coefficient (Wildman–Crippen LogP) is 4.70. The van der Waals surface area contributed by atoms with E-state index in [1.165, 1.54) is 32.1 Å². The molecule has 0 amide bonds. The maximum Gasteiger partial charge on any atom is 0.306 e. The quantitative estimate of drug-likeness (QED) is 0.620. The Bertz CT molecular complexity index is 843. The summed E-state index contributed by atoms with van der Waals surface area (Å²) >= 11 is 0. The van der Waals surface area contributed by atoms with Crippen molar-refractivity contribution in [3.8, 4) is 0 Å². The SMILES string of the molecule is CC[C@]12CCC(=O)C=C1C1CC1[C@@H]1C2CC[C@@]2(C)C1C1CC1[C@@]21CCC(=O)O1. The highest BCUT2D eigenvalue weighted by Crippen LogP contribution is 2.82. The molecule has 3 nitrogen and oxygen atoms in total. The van der Waals surface area contributed by atoms with Crippen LogP contribution >= 0.6 is 0 Å². The Kier molecular flexibility index (Phi) is 2.84. The highest BCUT2D eigenvalue weighted by Gasteiger charge is 2.81. The van der Waals surface area contributed by atoms with Gasteiger partial charge in [-0.05, 0) is 91.9 Å². The maximum atomic E-state index is 12.3. The van der Waals surface area contributed by atoms with Crippen molar-refractivity contribution in [1.29, 1.82) is 0 Å². The van der Waals surface area contributed by atoms with Crippen LogP contribution in [0.4, 0.5) is 0 Å². The summed E-state index contributed by atoms with van der Waals surface area (Å²) < 4.78 is 6.24. The Morgan fingerprint density at radius 1 is 1.07 bits per heavy atom. The fraction of sp³-hybridized carbons (Fsp3) is 0.840. The zero-order chi connectivity index (χ0) is 19.1. The third kappa shape index (κ3) is 1.61. The highest BCUT2D eigenvalue weighted by molar-refractivity contribution is 5.92. The third-order valence-electron chi connectivity index (χ3n) is 11.2. The zero-order valence-electron chi connectivity index (χ0n) is 17.2. The Morgan fingerprint density at radius 2 is 1.93 bits per heavy atom. The second-order valence-corrected chi connectivity index (χ2v) is 11.6. The van der Waals surface area contributed by atoms with Crippen LogP contribution in [0.2, 0.25) is 0 Å².